The molecule has 1 heterocycles. The van der Waals surface area contributed by atoms with E-state index in [4.69, 9.17) is 10.7 Å². The Bertz CT molecular complexity index is 636. The minimum Gasteiger partial charge on any atom is -0.332 e. The minimum absolute atomic E-state index is 0.646. The van der Waals surface area contributed by atoms with Gasteiger partial charge in [-0.25, -0.2) is 4.98 Å². The predicted octanol–water partition coefficient (Wildman–Crippen LogP) is 3.79. The average Bonchev–Trinajstić information content (AvgIpc) is 2.99. The van der Waals surface area contributed by atoms with E-state index in [0.29, 0.717) is 6.54 Å². The second-order valence-electron chi connectivity index (χ2n) is 4.63. The van der Waals surface area contributed by atoms with Crippen LogP contribution in [0.15, 0.2) is 65.8 Å². The number of nitrogens with one attached hydrogen (secondary N) is 1. The molecule has 3 rings (SSSR count). The molecule has 0 spiro atoms. The lowest BCUT2D eigenvalue weighted by molar-refractivity contribution is 1.05. The molecule has 0 atom stereocenters. The molecular weight excluding hydrogens is 278 g/mol. The number of aromatic nitrogens is 2. The lowest BCUT2D eigenvalue weighted by Gasteiger charge is -2.02. The third-order valence-electron chi connectivity index (χ3n) is 3.15. The van der Waals surface area contributed by atoms with Crippen LogP contribution in [0.5, 0.6) is 0 Å². The van der Waals surface area contributed by atoms with Gasteiger partial charge in [0, 0.05) is 23.4 Å². The Morgan fingerprint density at radius 2 is 1.52 bits per heavy atom. The van der Waals surface area contributed by atoms with Gasteiger partial charge in [0.25, 0.3) is 0 Å². The number of H-pyrrole nitrogens is 1. The highest BCUT2D eigenvalue weighted by Gasteiger charge is 2.13. The standard InChI is InChI=1S/C17H17N3S/c18-11-12-21-17-19-15(13-7-3-1-4-8-13)16(20-17)14-9-5-2-6-10-14/h1-10H,11-12,18H2,(H,19,20). The van der Waals surface area contributed by atoms with E-state index in [1.807, 2.05) is 36.4 Å². The van der Waals surface area contributed by atoms with E-state index in [0.717, 1.165) is 33.4 Å². The number of hydrogen-bond acceptors (Lipinski definition) is 3. The maximum atomic E-state index is 5.58. The molecule has 3 nitrogen and oxygen atoms in total. The second-order valence-corrected chi connectivity index (χ2v) is 5.72. The highest BCUT2D eigenvalue weighted by atomic mass is 32.2. The molecule has 0 saturated heterocycles. The van der Waals surface area contributed by atoms with E-state index >= 15 is 0 Å². The van der Waals surface area contributed by atoms with Gasteiger partial charge in [0.2, 0.25) is 0 Å². The smallest absolute Gasteiger partial charge is 0.166 e. The highest BCUT2D eigenvalue weighted by molar-refractivity contribution is 7.99. The largest absolute Gasteiger partial charge is 0.332 e. The molecule has 0 bridgehead atoms. The van der Waals surface area contributed by atoms with Gasteiger partial charge in [-0.2, -0.15) is 0 Å². The van der Waals surface area contributed by atoms with Crippen LogP contribution in [0.3, 0.4) is 0 Å². The summed E-state index contributed by atoms with van der Waals surface area (Å²) in [6.45, 7) is 0.646. The predicted molar refractivity (Wildman–Crippen MR) is 89.2 cm³/mol. The minimum atomic E-state index is 0.646. The molecule has 0 fully saturated rings. The van der Waals surface area contributed by atoms with Crippen LogP contribution in [0.25, 0.3) is 22.5 Å². The van der Waals surface area contributed by atoms with Gasteiger partial charge in [0.15, 0.2) is 5.16 Å². The molecule has 21 heavy (non-hydrogen) atoms. The summed E-state index contributed by atoms with van der Waals surface area (Å²) in [7, 11) is 0. The number of thioether (sulfide) groups is 1. The first-order valence-electron chi connectivity index (χ1n) is 6.92. The molecule has 4 heteroatoms. The summed E-state index contributed by atoms with van der Waals surface area (Å²) in [5, 5.41) is 0.915. The van der Waals surface area contributed by atoms with Crippen molar-refractivity contribution in [3.05, 3.63) is 60.7 Å². The van der Waals surface area contributed by atoms with E-state index in [1.54, 1.807) is 11.8 Å². The van der Waals surface area contributed by atoms with Gasteiger partial charge in [-0.15, -0.1) is 0 Å². The number of rotatable bonds is 5. The van der Waals surface area contributed by atoms with Crippen LogP contribution < -0.4 is 5.73 Å². The van der Waals surface area contributed by atoms with Crippen molar-refractivity contribution >= 4 is 11.8 Å². The van der Waals surface area contributed by atoms with Crippen molar-refractivity contribution in [2.24, 2.45) is 5.73 Å². The van der Waals surface area contributed by atoms with Crippen LogP contribution in [0.4, 0.5) is 0 Å². The van der Waals surface area contributed by atoms with Crippen LogP contribution in [0.1, 0.15) is 0 Å². The second kappa shape index (κ2) is 6.61. The summed E-state index contributed by atoms with van der Waals surface area (Å²) >= 11 is 1.65. The van der Waals surface area contributed by atoms with E-state index in [2.05, 4.69) is 29.2 Å². The van der Waals surface area contributed by atoms with Crippen molar-refractivity contribution in [2.45, 2.75) is 5.16 Å². The summed E-state index contributed by atoms with van der Waals surface area (Å²) in [6.07, 6.45) is 0. The van der Waals surface area contributed by atoms with Gasteiger partial charge in [0.1, 0.15) is 0 Å². The first kappa shape index (κ1) is 13.9. The van der Waals surface area contributed by atoms with Crippen molar-refractivity contribution in [2.75, 3.05) is 12.3 Å². The first-order valence-corrected chi connectivity index (χ1v) is 7.91. The van der Waals surface area contributed by atoms with E-state index in [1.165, 1.54) is 0 Å². The fourth-order valence-corrected chi connectivity index (χ4v) is 2.84. The Balaban J connectivity index is 2.06. The maximum absolute atomic E-state index is 5.58. The molecule has 0 radical (unpaired) electrons. The van der Waals surface area contributed by atoms with Crippen molar-refractivity contribution < 1.29 is 0 Å². The Morgan fingerprint density at radius 3 is 2.14 bits per heavy atom. The van der Waals surface area contributed by atoms with Crippen LogP contribution >= 0.6 is 11.8 Å². The van der Waals surface area contributed by atoms with E-state index < -0.39 is 0 Å². The molecule has 3 N–H and O–H groups in total. The third kappa shape index (κ3) is 3.17. The molecule has 0 unspecified atom stereocenters. The first-order chi connectivity index (χ1) is 10.4. The van der Waals surface area contributed by atoms with Gasteiger partial charge in [-0.3, -0.25) is 0 Å². The van der Waals surface area contributed by atoms with Gasteiger partial charge in [-0.1, -0.05) is 72.4 Å². The number of hydrogen-bond donors (Lipinski definition) is 2. The monoisotopic (exact) mass is 295 g/mol. The topological polar surface area (TPSA) is 54.7 Å². The van der Waals surface area contributed by atoms with Crippen molar-refractivity contribution in [3.8, 4) is 22.5 Å². The molecule has 0 aliphatic rings. The van der Waals surface area contributed by atoms with Gasteiger partial charge in [0.05, 0.1) is 11.4 Å². The number of nitrogens with zero attached hydrogens (tertiary/aromatic N) is 1. The van der Waals surface area contributed by atoms with Gasteiger partial charge < -0.3 is 10.7 Å². The molecule has 3 aromatic rings. The zero-order chi connectivity index (χ0) is 14.5. The summed E-state index contributed by atoms with van der Waals surface area (Å²) in [6, 6.07) is 20.5. The number of benzene rings is 2. The molecule has 2 aromatic carbocycles. The van der Waals surface area contributed by atoms with Gasteiger partial charge in [-0.05, 0) is 0 Å². The molecule has 1 aromatic heterocycles. The normalized spacial score (nSPS) is 10.7. The van der Waals surface area contributed by atoms with Gasteiger partial charge >= 0.3 is 0 Å². The summed E-state index contributed by atoms with van der Waals surface area (Å²) in [4.78, 5) is 8.17. The number of nitrogens with two attached hydrogens (primary N) is 1. The van der Waals surface area contributed by atoms with E-state index in [-0.39, 0.29) is 0 Å². The van der Waals surface area contributed by atoms with Crippen LogP contribution in [0, 0.1) is 0 Å². The molecule has 0 aliphatic carbocycles. The van der Waals surface area contributed by atoms with Crippen LogP contribution in [0.2, 0.25) is 0 Å². The molecular formula is C17H17N3S. The summed E-state index contributed by atoms with van der Waals surface area (Å²) in [5.74, 6) is 0.857. The molecule has 0 saturated carbocycles. The van der Waals surface area contributed by atoms with Crippen molar-refractivity contribution in [1.82, 2.24) is 9.97 Å². The van der Waals surface area contributed by atoms with Crippen molar-refractivity contribution in [1.29, 1.82) is 0 Å². The highest BCUT2D eigenvalue weighted by Crippen LogP contribution is 2.32. The quantitative estimate of drug-likeness (QED) is 0.704. The summed E-state index contributed by atoms with van der Waals surface area (Å²) in [5.41, 5.74) is 9.88. The SMILES string of the molecule is NCCSc1nc(-c2ccccc2)c(-c2ccccc2)[nH]1. The zero-order valence-corrected chi connectivity index (χ0v) is 12.4. The number of imidazole rings is 1. The summed E-state index contributed by atoms with van der Waals surface area (Å²) < 4.78 is 0. The Labute approximate surface area is 128 Å². The Hall–Kier alpha value is -2.04. The maximum Gasteiger partial charge on any atom is 0.166 e. The number of aromatic amines is 1. The average molecular weight is 295 g/mol. The molecule has 0 aliphatic heterocycles. The lowest BCUT2D eigenvalue weighted by Crippen LogP contribution is -2.01. The van der Waals surface area contributed by atoms with Crippen LogP contribution in [-0.2, 0) is 0 Å². The Morgan fingerprint density at radius 1 is 0.905 bits per heavy atom. The lowest BCUT2D eigenvalue weighted by atomic mass is 10.1. The fourth-order valence-electron chi connectivity index (χ4n) is 2.19. The fraction of sp³-hybridized carbons (Fsp3) is 0.118. The van der Waals surface area contributed by atoms with Crippen molar-refractivity contribution in [3.63, 3.8) is 0 Å². The van der Waals surface area contributed by atoms with Crippen LogP contribution in [-0.4, -0.2) is 22.3 Å². The third-order valence-corrected chi connectivity index (χ3v) is 4.06. The van der Waals surface area contributed by atoms with E-state index in [9.17, 15) is 0 Å². The molecule has 106 valence electrons. The zero-order valence-electron chi connectivity index (χ0n) is 11.6. The molecule has 0 amide bonds. The Kier molecular flexibility index (Phi) is 4.38.